The summed E-state index contributed by atoms with van der Waals surface area (Å²) in [7, 11) is 0. The van der Waals surface area contributed by atoms with E-state index in [1.165, 1.54) is 6.39 Å². The van der Waals surface area contributed by atoms with Crippen molar-refractivity contribution in [2.75, 3.05) is 0 Å². The fraction of sp³-hybridized carbons (Fsp3) is 0.200. The van der Waals surface area contributed by atoms with Gasteiger partial charge in [-0.3, -0.25) is 0 Å². The Morgan fingerprint density at radius 1 is 1.15 bits per heavy atom. The molecule has 6 heteroatoms. The molecule has 0 aliphatic heterocycles. The third-order valence-corrected chi connectivity index (χ3v) is 5.24. The third kappa shape index (κ3) is 2.52. The van der Waals surface area contributed by atoms with Gasteiger partial charge in [-0.2, -0.15) is 0 Å². The van der Waals surface area contributed by atoms with Crippen LogP contribution in [-0.4, -0.2) is 20.1 Å². The van der Waals surface area contributed by atoms with Crippen LogP contribution in [0.4, 0.5) is 0 Å². The standard InChI is InChI=1S/C20H18ClN3O2/c1-12(2)20(25,18-9-22-10-24-18)14-4-6-15-13(7-14)3-5-16(19(15)21)17-8-23-11-26-17/h3-12,25H,1-2H3,(H,22,24). The minimum Gasteiger partial charge on any atom is -0.443 e. The lowest BCUT2D eigenvalue weighted by Gasteiger charge is -2.32. The van der Waals surface area contributed by atoms with Gasteiger partial charge in [0.15, 0.2) is 12.2 Å². The van der Waals surface area contributed by atoms with E-state index in [1.54, 1.807) is 18.7 Å². The molecule has 0 saturated heterocycles. The van der Waals surface area contributed by atoms with Gasteiger partial charge in [0.05, 0.1) is 29.4 Å². The number of fused-ring (bicyclic) bond motifs is 1. The lowest BCUT2D eigenvalue weighted by atomic mass is 9.80. The van der Waals surface area contributed by atoms with Crippen LogP contribution in [0.25, 0.3) is 22.1 Å². The molecule has 0 spiro atoms. The lowest BCUT2D eigenvalue weighted by molar-refractivity contribution is 0.0281. The van der Waals surface area contributed by atoms with E-state index in [2.05, 4.69) is 15.0 Å². The molecule has 0 saturated carbocycles. The molecule has 0 bridgehead atoms. The number of hydrogen-bond acceptors (Lipinski definition) is 4. The van der Waals surface area contributed by atoms with Crippen LogP contribution in [0.2, 0.25) is 5.02 Å². The Kier molecular flexibility index (Phi) is 4.05. The van der Waals surface area contributed by atoms with E-state index in [0.717, 1.165) is 21.9 Å². The smallest absolute Gasteiger partial charge is 0.181 e. The molecule has 1 atom stereocenters. The van der Waals surface area contributed by atoms with E-state index in [-0.39, 0.29) is 5.92 Å². The van der Waals surface area contributed by atoms with Gasteiger partial charge in [-0.25, -0.2) is 9.97 Å². The molecular formula is C20H18ClN3O2. The van der Waals surface area contributed by atoms with Crippen LogP contribution < -0.4 is 0 Å². The molecule has 0 radical (unpaired) electrons. The number of aliphatic hydroxyl groups is 1. The average Bonchev–Trinajstić information content (AvgIpc) is 3.35. The molecule has 0 aliphatic rings. The Labute approximate surface area is 155 Å². The van der Waals surface area contributed by atoms with Gasteiger partial charge < -0.3 is 14.5 Å². The van der Waals surface area contributed by atoms with Crippen LogP contribution in [-0.2, 0) is 5.60 Å². The summed E-state index contributed by atoms with van der Waals surface area (Å²) in [6, 6.07) is 9.66. The second-order valence-corrected chi connectivity index (χ2v) is 6.99. The van der Waals surface area contributed by atoms with Gasteiger partial charge in [0.25, 0.3) is 0 Å². The highest BCUT2D eigenvalue weighted by atomic mass is 35.5. The van der Waals surface area contributed by atoms with Crippen molar-refractivity contribution in [2.45, 2.75) is 19.4 Å². The molecule has 1 unspecified atom stereocenters. The first-order chi connectivity index (χ1) is 12.5. The Hall–Kier alpha value is -2.63. The molecule has 0 aliphatic carbocycles. The summed E-state index contributed by atoms with van der Waals surface area (Å²) in [5, 5.41) is 13.9. The van der Waals surface area contributed by atoms with Crippen LogP contribution in [0, 0.1) is 5.92 Å². The van der Waals surface area contributed by atoms with E-state index in [9.17, 15) is 5.11 Å². The maximum absolute atomic E-state index is 11.4. The van der Waals surface area contributed by atoms with Crippen LogP contribution in [0.5, 0.6) is 0 Å². The summed E-state index contributed by atoms with van der Waals surface area (Å²) in [5.74, 6) is 0.571. The summed E-state index contributed by atoms with van der Waals surface area (Å²) in [5.41, 5.74) is 1.07. The van der Waals surface area contributed by atoms with Crippen molar-refractivity contribution in [2.24, 2.45) is 5.92 Å². The molecule has 2 N–H and O–H groups in total. The molecular weight excluding hydrogens is 350 g/mol. The monoisotopic (exact) mass is 367 g/mol. The first-order valence-corrected chi connectivity index (χ1v) is 8.72. The highest BCUT2D eigenvalue weighted by molar-refractivity contribution is 6.38. The number of oxazole rings is 1. The number of halogens is 1. The highest BCUT2D eigenvalue weighted by Crippen LogP contribution is 2.39. The normalized spacial score (nSPS) is 14.0. The molecule has 0 amide bonds. The molecule has 5 nitrogen and oxygen atoms in total. The fourth-order valence-electron chi connectivity index (χ4n) is 3.33. The maximum atomic E-state index is 11.4. The largest absolute Gasteiger partial charge is 0.443 e. The van der Waals surface area contributed by atoms with Crippen LogP contribution in [0.15, 0.2) is 59.9 Å². The molecule has 132 valence electrons. The lowest BCUT2D eigenvalue weighted by Crippen LogP contribution is -2.33. The first-order valence-electron chi connectivity index (χ1n) is 8.34. The molecule has 4 rings (SSSR count). The van der Waals surface area contributed by atoms with Crippen molar-refractivity contribution in [3.05, 3.63) is 71.7 Å². The second-order valence-electron chi connectivity index (χ2n) is 6.62. The number of aromatic amines is 1. The van der Waals surface area contributed by atoms with Gasteiger partial charge in [0.2, 0.25) is 0 Å². The molecule has 4 aromatic rings. The van der Waals surface area contributed by atoms with Crippen LogP contribution >= 0.6 is 11.6 Å². The van der Waals surface area contributed by atoms with E-state index >= 15 is 0 Å². The fourth-order valence-corrected chi connectivity index (χ4v) is 3.66. The number of nitrogens with one attached hydrogen (secondary N) is 1. The molecule has 0 fully saturated rings. The van der Waals surface area contributed by atoms with Crippen LogP contribution in [0.1, 0.15) is 25.1 Å². The Bertz CT molecular complexity index is 1040. The van der Waals surface area contributed by atoms with Crippen molar-refractivity contribution in [1.82, 2.24) is 15.0 Å². The predicted octanol–water partition coefficient (Wildman–Crippen LogP) is 4.76. The number of hydrogen-bond donors (Lipinski definition) is 2. The minimum absolute atomic E-state index is 0.0515. The SMILES string of the molecule is CC(C)C(O)(c1ccc2c(Cl)c(-c3cnco3)ccc2c1)c1cnc[nH]1. The van der Waals surface area contributed by atoms with Gasteiger partial charge in [-0.05, 0) is 29.0 Å². The van der Waals surface area contributed by atoms with Gasteiger partial charge in [-0.15, -0.1) is 0 Å². The predicted molar refractivity (Wildman–Crippen MR) is 101 cm³/mol. The number of H-pyrrole nitrogens is 1. The summed E-state index contributed by atoms with van der Waals surface area (Å²) >= 11 is 6.60. The zero-order chi connectivity index (χ0) is 18.3. The first kappa shape index (κ1) is 16.8. The summed E-state index contributed by atoms with van der Waals surface area (Å²) in [6.07, 6.45) is 6.25. The van der Waals surface area contributed by atoms with Crippen molar-refractivity contribution in [1.29, 1.82) is 0 Å². The van der Waals surface area contributed by atoms with Crippen molar-refractivity contribution in [3.8, 4) is 11.3 Å². The number of aromatic nitrogens is 3. The number of rotatable bonds is 4. The molecule has 2 heterocycles. The zero-order valence-electron chi connectivity index (χ0n) is 14.4. The second kappa shape index (κ2) is 6.27. The topological polar surface area (TPSA) is 74.9 Å². The van der Waals surface area contributed by atoms with E-state index in [1.807, 2.05) is 44.2 Å². The third-order valence-electron chi connectivity index (χ3n) is 4.84. The number of benzene rings is 2. The van der Waals surface area contributed by atoms with Gasteiger partial charge in [0.1, 0.15) is 5.60 Å². The highest BCUT2D eigenvalue weighted by Gasteiger charge is 2.36. The maximum Gasteiger partial charge on any atom is 0.181 e. The zero-order valence-corrected chi connectivity index (χ0v) is 15.2. The van der Waals surface area contributed by atoms with E-state index in [0.29, 0.717) is 16.5 Å². The quantitative estimate of drug-likeness (QED) is 0.545. The Balaban J connectivity index is 1.87. The van der Waals surface area contributed by atoms with Crippen molar-refractivity contribution >= 4 is 22.4 Å². The Morgan fingerprint density at radius 3 is 2.65 bits per heavy atom. The number of nitrogens with zero attached hydrogens (tertiary/aromatic N) is 2. The molecule has 2 aromatic heterocycles. The van der Waals surface area contributed by atoms with Gasteiger partial charge >= 0.3 is 0 Å². The number of imidazole rings is 1. The van der Waals surface area contributed by atoms with Crippen molar-refractivity contribution in [3.63, 3.8) is 0 Å². The average molecular weight is 368 g/mol. The minimum atomic E-state index is -1.17. The molecule has 2 aromatic carbocycles. The Morgan fingerprint density at radius 2 is 2.00 bits per heavy atom. The van der Waals surface area contributed by atoms with Crippen LogP contribution in [0.3, 0.4) is 0 Å². The van der Waals surface area contributed by atoms with E-state index in [4.69, 9.17) is 16.0 Å². The van der Waals surface area contributed by atoms with Gasteiger partial charge in [-0.1, -0.05) is 43.6 Å². The molecule has 26 heavy (non-hydrogen) atoms. The summed E-state index contributed by atoms with van der Waals surface area (Å²) in [6.45, 7) is 3.95. The van der Waals surface area contributed by atoms with Gasteiger partial charge in [0, 0.05) is 10.9 Å². The van der Waals surface area contributed by atoms with Crippen molar-refractivity contribution < 1.29 is 9.52 Å². The summed E-state index contributed by atoms with van der Waals surface area (Å²) < 4.78 is 5.36. The summed E-state index contributed by atoms with van der Waals surface area (Å²) in [4.78, 5) is 11.0. The van der Waals surface area contributed by atoms with E-state index < -0.39 is 5.60 Å².